The molecule has 0 aromatic heterocycles. The second kappa shape index (κ2) is 6.02. The van der Waals surface area contributed by atoms with Gasteiger partial charge >= 0.3 is 0 Å². The first-order chi connectivity index (χ1) is 8.73. The molecule has 2 fully saturated rings. The summed E-state index contributed by atoms with van der Waals surface area (Å²) >= 11 is 0. The lowest BCUT2D eigenvalue weighted by molar-refractivity contribution is -0.185. The zero-order valence-electron chi connectivity index (χ0n) is 11.7. The molecule has 2 heterocycles. The van der Waals surface area contributed by atoms with Crippen molar-refractivity contribution in [1.29, 1.82) is 0 Å². The molecule has 2 saturated heterocycles. The number of rotatable bonds is 4. The fourth-order valence-corrected chi connectivity index (χ4v) is 3.37. The molecular weight excluding hydrogens is 228 g/mol. The van der Waals surface area contributed by atoms with Crippen molar-refractivity contribution >= 4 is 5.91 Å². The highest BCUT2D eigenvalue weighted by atomic mass is 16.5. The van der Waals surface area contributed by atoms with Crippen molar-refractivity contribution in [2.24, 2.45) is 0 Å². The molecule has 1 spiro atoms. The van der Waals surface area contributed by atoms with Gasteiger partial charge < -0.3 is 15.0 Å². The third-order valence-electron chi connectivity index (χ3n) is 4.38. The van der Waals surface area contributed by atoms with Crippen LogP contribution < -0.4 is 5.32 Å². The standard InChI is InChI=1S/C14H26N2O2/c1-3-5-10-16-12(4-2)14(18-11-13(16)17)6-8-15-9-7-14/h12,15H,3-11H2,1-2H3. The SMILES string of the molecule is CCCCN1C(=O)COC2(CCNCC2)C1CC. The molecule has 2 rings (SSSR count). The summed E-state index contributed by atoms with van der Waals surface area (Å²) in [6.07, 6.45) is 5.28. The van der Waals surface area contributed by atoms with Gasteiger partial charge in [-0.3, -0.25) is 4.79 Å². The van der Waals surface area contributed by atoms with Crippen molar-refractivity contribution in [3.63, 3.8) is 0 Å². The monoisotopic (exact) mass is 254 g/mol. The van der Waals surface area contributed by atoms with E-state index in [1.807, 2.05) is 0 Å². The molecular formula is C14H26N2O2. The van der Waals surface area contributed by atoms with Crippen LogP contribution in [-0.2, 0) is 9.53 Å². The minimum atomic E-state index is -0.0817. The molecule has 0 aromatic carbocycles. The Morgan fingerprint density at radius 2 is 2.11 bits per heavy atom. The maximum Gasteiger partial charge on any atom is 0.248 e. The van der Waals surface area contributed by atoms with E-state index >= 15 is 0 Å². The van der Waals surface area contributed by atoms with E-state index in [1.165, 1.54) is 0 Å². The number of ether oxygens (including phenoxy) is 1. The average molecular weight is 254 g/mol. The van der Waals surface area contributed by atoms with E-state index < -0.39 is 0 Å². The zero-order valence-corrected chi connectivity index (χ0v) is 11.7. The van der Waals surface area contributed by atoms with E-state index in [0.717, 1.165) is 51.7 Å². The fraction of sp³-hybridized carbons (Fsp3) is 0.929. The van der Waals surface area contributed by atoms with Gasteiger partial charge in [-0.05, 0) is 38.8 Å². The van der Waals surface area contributed by atoms with Crippen LogP contribution in [0.25, 0.3) is 0 Å². The first kappa shape index (κ1) is 13.8. The van der Waals surface area contributed by atoms with E-state index in [4.69, 9.17) is 4.74 Å². The molecule has 0 bridgehead atoms. The second-order valence-corrected chi connectivity index (χ2v) is 5.47. The number of carbonyl (C=O) groups is 1. The van der Waals surface area contributed by atoms with Crippen LogP contribution in [0.4, 0.5) is 0 Å². The highest BCUT2D eigenvalue weighted by Gasteiger charge is 2.47. The summed E-state index contributed by atoms with van der Waals surface area (Å²) in [4.78, 5) is 14.2. The zero-order chi connectivity index (χ0) is 13.0. The van der Waals surface area contributed by atoms with E-state index in [9.17, 15) is 4.79 Å². The van der Waals surface area contributed by atoms with Crippen molar-refractivity contribution < 1.29 is 9.53 Å². The van der Waals surface area contributed by atoms with Crippen molar-refractivity contribution in [3.8, 4) is 0 Å². The Bertz CT molecular complexity index is 288. The lowest BCUT2D eigenvalue weighted by atomic mass is 9.81. The minimum absolute atomic E-state index is 0.0817. The predicted octanol–water partition coefficient (Wildman–Crippen LogP) is 1.55. The lowest BCUT2D eigenvalue weighted by Crippen LogP contribution is -2.64. The summed E-state index contributed by atoms with van der Waals surface area (Å²) < 4.78 is 6.00. The number of hydrogen-bond acceptors (Lipinski definition) is 3. The largest absolute Gasteiger partial charge is 0.363 e. The Balaban J connectivity index is 2.13. The molecule has 0 aliphatic carbocycles. The van der Waals surface area contributed by atoms with Crippen molar-refractivity contribution in [2.75, 3.05) is 26.2 Å². The van der Waals surface area contributed by atoms with Crippen molar-refractivity contribution in [3.05, 3.63) is 0 Å². The molecule has 1 unspecified atom stereocenters. The molecule has 0 aromatic rings. The van der Waals surface area contributed by atoms with Crippen LogP contribution in [-0.4, -0.2) is 48.7 Å². The molecule has 2 aliphatic heterocycles. The van der Waals surface area contributed by atoms with Gasteiger partial charge in [0, 0.05) is 6.54 Å². The molecule has 18 heavy (non-hydrogen) atoms. The van der Waals surface area contributed by atoms with E-state index in [-0.39, 0.29) is 24.2 Å². The van der Waals surface area contributed by atoms with Gasteiger partial charge in [0.1, 0.15) is 6.61 Å². The predicted molar refractivity (Wildman–Crippen MR) is 71.5 cm³/mol. The van der Waals surface area contributed by atoms with Crippen LogP contribution in [0, 0.1) is 0 Å². The van der Waals surface area contributed by atoms with E-state index in [2.05, 4.69) is 24.1 Å². The lowest BCUT2D eigenvalue weighted by Gasteiger charge is -2.51. The second-order valence-electron chi connectivity index (χ2n) is 5.47. The third kappa shape index (κ3) is 2.54. The molecule has 104 valence electrons. The van der Waals surface area contributed by atoms with Gasteiger partial charge in [-0.2, -0.15) is 0 Å². The molecule has 1 amide bonds. The summed E-state index contributed by atoms with van der Waals surface area (Å²) in [6, 6.07) is 0.271. The van der Waals surface area contributed by atoms with Crippen LogP contribution in [0.5, 0.6) is 0 Å². The minimum Gasteiger partial charge on any atom is -0.363 e. The summed E-state index contributed by atoms with van der Waals surface area (Å²) in [5, 5.41) is 3.39. The number of hydrogen-bond donors (Lipinski definition) is 1. The van der Waals surface area contributed by atoms with Crippen LogP contribution in [0.2, 0.25) is 0 Å². The van der Waals surface area contributed by atoms with Gasteiger partial charge in [0.25, 0.3) is 0 Å². The average Bonchev–Trinajstić information content (AvgIpc) is 2.41. The Morgan fingerprint density at radius 3 is 2.72 bits per heavy atom. The van der Waals surface area contributed by atoms with Gasteiger partial charge in [-0.1, -0.05) is 20.3 Å². The molecule has 0 saturated carbocycles. The summed E-state index contributed by atoms with van der Waals surface area (Å²) in [5.41, 5.74) is -0.0817. The molecule has 4 nitrogen and oxygen atoms in total. The van der Waals surface area contributed by atoms with Gasteiger partial charge in [-0.25, -0.2) is 0 Å². The smallest absolute Gasteiger partial charge is 0.248 e. The Kier molecular flexibility index (Phi) is 4.62. The highest BCUT2D eigenvalue weighted by molar-refractivity contribution is 5.78. The Labute approximate surface area is 110 Å². The fourth-order valence-electron chi connectivity index (χ4n) is 3.37. The van der Waals surface area contributed by atoms with Gasteiger partial charge in [0.2, 0.25) is 5.91 Å². The number of morpholine rings is 1. The van der Waals surface area contributed by atoms with Crippen LogP contribution in [0.1, 0.15) is 46.0 Å². The maximum atomic E-state index is 12.1. The molecule has 2 aliphatic rings. The topological polar surface area (TPSA) is 41.6 Å². The number of amides is 1. The van der Waals surface area contributed by atoms with Gasteiger partial charge in [-0.15, -0.1) is 0 Å². The van der Waals surface area contributed by atoms with Gasteiger partial charge in [0.05, 0.1) is 11.6 Å². The number of carbonyl (C=O) groups excluding carboxylic acids is 1. The summed E-state index contributed by atoms with van der Waals surface area (Å²) in [7, 11) is 0. The number of nitrogens with zero attached hydrogens (tertiary/aromatic N) is 1. The summed E-state index contributed by atoms with van der Waals surface area (Å²) in [5.74, 6) is 0.180. The molecule has 0 radical (unpaired) electrons. The van der Waals surface area contributed by atoms with E-state index in [1.54, 1.807) is 0 Å². The third-order valence-corrected chi connectivity index (χ3v) is 4.38. The quantitative estimate of drug-likeness (QED) is 0.827. The number of unbranched alkanes of at least 4 members (excludes halogenated alkanes) is 1. The normalized spacial score (nSPS) is 27.8. The first-order valence-corrected chi connectivity index (χ1v) is 7.37. The van der Waals surface area contributed by atoms with Gasteiger partial charge in [0.15, 0.2) is 0 Å². The number of nitrogens with one attached hydrogen (secondary N) is 1. The molecule has 1 atom stereocenters. The first-order valence-electron chi connectivity index (χ1n) is 7.37. The van der Waals surface area contributed by atoms with Crippen LogP contribution in [0.15, 0.2) is 0 Å². The maximum absolute atomic E-state index is 12.1. The van der Waals surface area contributed by atoms with Crippen LogP contribution in [0.3, 0.4) is 0 Å². The van der Waals surface area contributed by atoms with E-state index in [0.29, 0.717) is 0 Å². The van der Waals surface area contributed by atoms with Crippen molar-refractivity contribution in [2.45, 2.75) is 57.6 Å². The summed E-state index contributed by atoms with van der Waals surface area (Å²) in [6.45, 7) is 7.53. The molecule has 4 heteroatoms. The Morgan fingerprint density at radius 1 is 1.39 bits per heavy atom. The van der Waals surface area contributed by atoms with Crippen molar-refractivity contribution in [1.82, 2.24) is 10.2 Å². The number of piperidine rings is 1. The Hall–Kier alpha value is -0.610. The highest BCUT2D eigenvalue weighted by Crippen LogP contribution is 2.35. The molecule has 1 N–H and O–H groups in total. The van der Waals surface area contributed by atoms with Crippen LogP contribution >= 0.6 is 0 Å².